The van der Waals surface area contributed by atoms with Gasteiger partial charge in [0.15, 0.2) is 0 Å². The average Bonchev–Trinajstić information content (AvgIpc) is 2.66. The molecular formula is C8H15N5O. The van der Waals surface area contributed by atoms with Gasteiger partial charge in [-0.2, -0.15) is 0 Å². The van der Waals surface area contributed by atoms with Crippen molar-refractivity contribution in [2.24, 2.45) is 17.2 Å². The van der Waals surface area contributed by atoms with Crippen LogP contribution >= 0.6 is 0 Å². The molecule has 0 aliphatic heterocycles. The first-order valence-electron chi connectivity index (χ1n) is 4.41. The topological polar surface area (TPSA) is 124 Å². The fraction of sp³-hybridized carbons (Fsp3) is 0.500. The molecule has 0 aromatic carbocycles. The second kappa shape index (κ2) is 4.73. The summed E-state index contributed by atoms with van der Waals surface area (Å²) in [5.74, 6) is 0.193. The van der Waals surface area contributed by atoms with Gasteiger partial charge >= 0.3 is 0 Å². The van der Waals surface area contributed by atoms with Gasteiger partial charge in [-0.05, 0) is 12.8 Å². The highest BCUT2D eigenvalue weighted by molar-refractivity contribution is 5.79. The fourth-order valence-electron chi connectivity index (χ4n) is 1.12. The zero-order valence-corrected chi connectivity index (χ0v) is 7.81. The maximum absolute atomic E-state index is 10.6. The van der Waals surface area contributed by atoms with Gasteiger partial charge in [0.05, 0.1) is 12.1 Å². The van der Waals surface area contributed by atoms with Crippen molar-refractivity contribution >= 4 is 5.91 Å². The average molecular weight is 197 g/mol. The predicted octanol–water partition coefficient (Wildman–Crippen LogP) is -0.998. The molecule has 6 nitrogen and oxygen atoms in total. The van der Waals surface area contributed by atoms with E-state index in [4.69, 9.17) is 17.2 Å². The maximum atomic E-state index is 10.6. The molecule has 1 aromatic rings. The van der Waals surface area contributed by atoms with Crippen LogP contribution in [0.3, 0.4) is 0 Å². The van der Waals surface area contributed by atoms with E-state index in [1.807, 2.05) is 0 Å². The minimum atomic E-state index is -0.629. The molecular weight excluding hydrogens is 182 g/mol. The Labute approximate surface area is 81.9 Å². The summed E-state index contributed by atoms with van der Waals surface area (Å²) < 4.78 is 0. The summed E-state index contributed by atoms with van der Waals surface area (Å²) in [5, 5.41) is 0. The van der Waals surface area contributed by atoms with Crippen LogP contribution in [0.25, 0.3) is 0 Å². The Kier molecular flexibility index (Phi) is 3.61. The van der Waals surface area contributed by atoms with E-state index in [0.29, 0.717) is 18.7 Å². The molecule has 0 radical (unpaired) electrons. The summed E-state index contributed by atoms with van der Waals surface area (Å²) in [5.41, 5.74) is 16.3. The third-order valence-corrected chi connectivity index (χ3v) is 2.02. The van der Waals surface area contributed by atoms with Gasteiger partial charge in [0.1, 0.15) is 5.82 Å². The van der Waals surface area contributed by atoms with Gasteiger partial charge in [0.2, 0.25) is 5.91 Å². The van der Waals surface area contributed by atoms with Gasteiger partial charge in [-0.25, -0.2) is 4.98 Å². The normalized spacial score (nSPS) is 15.0. The third kappa shape index (κ3) is 2.82. The number of amides is 1. The minimum Gasteiger partial charge on any atom is -0.368 e. The van der Waals surface area contributed by atoms with Crippen LogP contribution in [-0.4, -0.2) is 21.9 Å². The summed E-state index contributed by atoms with van der Waals surface area (Å²) in [6, 6.07) is -0.855. The van der Waals surface area contributed by atoms with E-state index in [-0.39, 0.29) is 6.04 Å². The third-order valence-electron chi connectivity index (χ3n) is 2.02. The van der Waals surface area contributed by atoms with E-state index >= 15 is 0 Å². The summed E-state index contributed by atoms with van der Waals surface area (Å²) in [4.78, 5) is 17.5. The molecule has 0 saturated carbocycles. The molecule has 1 rings (SSSR count). The van der Waals surface area contributed by atoms with Crippen LogP contribution in [0.4, 0.5) is 0 Å². The number of rotatable bonds is 5. The van der Waals surface area contributed by atoms with Crippen LogP contribution < -0.4 is 17.2 Å². The number of hydrogen-bond acceptors (Lipinski definition) is 4. The number of carbonyl (C=O) groups is 1. The SMILES string of the molecule is NC(=O)[C@@H](N)CCC(N)c1ncc[nH]1. The summed E-state index contributed by atoms with van der Waals surface area (Å²) in [7, 11) is 0. The standard InChI is InChI=1S/C8H15N5O/c9-5(7(11)14)1-2-6(10)8-12-3-4-13-8/h3-6H,1-2,9-10H2,(H2,11,14)(H,12,13)/t5-,6?/m0/s1. The molecule has 7 N–H and O–H groups in total. The second-order valence-corrected chi connectivity index (χ2v) is 3.17. The maximum Gasteiger partial charge on any atom is 0.234 e. The molecule has 0 spiro atoms. The quantitative estimate of drug-likeness (QED) is 0.483. The molecule has 1 aromatic heterocycles. The molecule has 6 heteroatoms. The number of carbonyl (C=O) groups excluding carboxylic acids is 1. The lowest BCUT2D eigenvalue weighted by Gasteiger charge is -2.11. The zero-order valence-electron chi connectivity index (χ0n) is 7.81. The van der Waals surface area contributed by atoms with E-state index in [0.717, 1.165) is 0 Å². The minimum absolute atomic E-state index is 0.226. The number of imidazole rings is 1. The van der Waals surface area contributed by atoms with Gasteiger partial charge in [0.25, 0.3) is 0 Å². The van der Waals surface area contributed by atoms with Crippen molar-refractivity contribution in [3.8, 4) is 0 Å². The van der Waals surface area contributed by atoms with Gasteiger partial charge < -0.3 is 22.2 Å². The Morgan fingerprint density at radius 2 is 2.21 bits per heavy atom. The van der Waals surface area contributed by atoms with Crippen LogP contribution in [0, 0.1) is 0 Å². The van der Waals surface area contributed by atoms with Gasteiger partial charge in [0, 0.05) is 12.4 Å². The first kappa shape index (κ1) is 10.7. The number of nitrogens with two attached hydrogens (primary N) is 3. The van der Waals surface area contributed by atoms with E-state index in [1.165, 1.54) is 0 Å². The first-order valence-corrected chi connectivity index (χ1v) is 4.41. The Morgan fingerprint density at radius 3 is 2.71 bits per heavy atom. The Hall–Kier alpha value is -1.40. The smallest absolute Gasteiger partial charge is 0.234 e. The number of nitrogens with one attached hydrogen (secondary N) is 1. The van der Waals surface area contributed by atoms with Crippen LogP contribution in [0.1, 0.15) is 24.7 Å². The van der Waals surface area contributed by atoms with Crippen molar-refractivity contribution in [2.75, 3.05) is 0 Å². The Balaban J connectivity index is 2.35. The number of nitrogens with zero attached hydrogens (tertiary/aromatic N) is 1. The molecule has 1 unspecified atom stereocenters. The first-order chi connectivity index (χ1) is 6.61. The number of primary amides is 1. The molecule has 1 amide bonds. The van der Waals surface area contributed by atoms with E-state index in [9.17, 15) is 4.79 Å². The van der Waals surface area contributed by atoms with Crippen LogP contribution in [0.2, 0.25) is 0 Å². The monoisotopic (exact) mass is 197 g/mol. The Bertz CT molecular complexity index is 284. The van der Waals surface area contributed by atoms with Crippen molar-refractivity contribution in [1.82, 2.24) is 9.97 Å². The molecule has 14 heavy (non-hydrogen) atoms. The van der Waals surface area contributed by atoms with Gasteiger partial charge in [-0.1, -0.05) is 0 Å². The van der Waals surface area contributed by atoms with Crippen molar-refractivity contribution in [1.29, 1.82) is 0 Å². The number of aromatic nitrogens is 2. The summed E-state index contributed by atoms with van der Waals surface area (Å²) in [6.07, 6.45) is 4.38. The van der Waals surface area contributed by atoms with Crippen LogP contribution in [0.5, 0.6) is 0 Å². The van der Waals surface area contributed by atoms with Crippen LogP contribution in [-0.2, 0) is 4.79 Å². The number of aromatic amines is 1. The lowest BCUT2D eigenvalue weighted by atomic mass is 10.1. The zero-order chi connectivity index (χ0) is 10.6. The summed E-state index contributed by atoms with van der Waals surface area (Å²) >= 11 is 0. The molecule has 0 saturated heterocycles. The van der Waals surface area contributed by atoms with E-state index in [2.05, 4.69) is 9.97 Å². The highest BCUT2D eigenvalue weighted by atomic mass is 16.1. The highest BCUT2D eigenvalue weighted by Gasteiger charge is 2.13. The molecule has 0 aliphatic carbocycles. The van der Waals surface area contributed by atoms with Crippen LogP contribution in [0.15, 0.2) is 12.4 Å². The predicted molar refractivity (Wildman–Crippen MR) is 51.9 cm³/mol. The Morgan fingerprint density at radius 1 is 1.50 bits per heavy atom. The molecule has 78 valence electrons. The lowest BCUT2D eigenvalue weighted by molar-refractivity contribution is -0.119. The van der Waals surface area contributed by atoms with Crippen molar-refractivity contribution < 1.29 is 4.79 Å². The van der Waals surface area contributed by atoms with Crippen molar-refractivity contribution in [2.45, 2.75) is 24.9 Å². The lowest BCUT2D eigenvalue weighted by Crippen LogP contribution is -2.36. The largest absolute Gasteiger partial charge is 0.368 e. The second-order valence-electron chi connectivity index (χ2n) is 3.17. The van der Waals surface area contributed by atoms with Gasteiger partial charge in [-0.3, -0.25) is 4.79 Å². The van der Waals surface area contributed by atoms with E-state index in [1.54, 1.807) is 12.4 Å². The highest BCUT2D eigenvalue weighted by Crippen LogP contribution is 2.11. The number of hydrogen-bond donors (Lipinski definition) is 4. The summed E-state index contributed by atoms with van der Waals surface area (Å²) in [6.45, 7) is 0. The van der Waals surface area contributed by atoms with E-state index < -0.39 is 11.9 Å². The molecule has 1 heterocycles. The fourth-order valence-corrected chi connectivity index (χ4v) is 1.12. The number of H-pyrrole nitrogens is 1. The van der Waals surface area contributed by atoms with Crippen molar-refractivity contribution in [3.05, 3.63) is 18.2 Å². The van der Waals surface area contributed by atoms with Crippen molar-refractivity contribution in [3.63, 3.8) is 0 Å². The molecule has 0 bridgehead atoms. The molecule has 0 fully saturated rings. The molecule has 2 atom stereocenters. The van der Waals surface area contributed by atoms with Gasteiger partial charge in [-0.15, -0.1) is 0 Å². The molecule has 0 aliphatic rings.